The third kappa shape index (κ3) is 8.02. The Morgan fingerprint density at radius 2 is 1.12 bits per heavy atom. The summed E-state index contributed by atoms with van der Waals surface area (Å²) in [6, 6.07) is 34.3. The zero-order chi connectivity index (χ0) is 30.5. The molecule has 5 rings (SSSR count). The van der Waals surface area contributed by atoms with Gasteiger partial charge in [-0.15, -0.1) is 0 Å². The van der Waals surface area contributed by atoms with Gasteiger partial charge in [-0.3, -0.25) is 13.6 Å². The minimum absolute atomic E-state index is 0.111. The Hall–Kier alpha value is -3.27. The maximum absolute atomic E-state index is 13.6. The second-order valence-electron chi connectivity index (χ2n) is 12.8. The molecule has 0 unspecified atom stereocenters. The summed E-state index contributed by atoms with van der Waals surface area (Å²) in [5.74, 6) is 0. The fraction of sp³-hybridized carbons (Fsp3) is 0.316. The molecule has 0 bridgehead atoms. The first-order valence-corrected chi connectivity index (χ1v) is 16.5. The largest absolute Gasteiger partial charge is 0.475 e. The van der Waals surface area contributed by atoms with Crippen LogP contribution < -0.4 is 0 Å². The molecule has 0 spiro atoms. The van der Waals surface area contributed by atoms with Crippen molar-refractivity contribution in [3.63, 3.8) is 0 Å². The first-order chi connectivity index (χ1) is 20.5. The van der Waals surface area contributed by atoms with E-state index >= 15 is 0 Å². The van der Waals surface area contributed by atoms with Crippen molar-refractivity contribution in [1.82, 2.24) is 0 Å². The monoisotopic (exact) mass is 594 g/mol. The van der Waals surface area contributed by atoms with Crippen molar-refractivity contribution in [1.29, 1.82) is 0 Å². The molecule has 0 aromatic heterocycles. The van der Waals surface area contributed by atoms with Gasteiger partial charge < -0.3 is 0 Å². The number of rotatable bonds is 11. The quantitative estimate of drug-likeness (QED) is 0.128. The zero-order valence-corrected chi connectivity index (χ0v) is 26.9. The lowest BCUT2D eigenvalue weighted by molar-refractivity contribution is 0.0978. The number of hydrogen-bond donors (Lipinski definition) is 0. The fourth-order valence-electron chi connectivity index (χ4n) is 5.60. The van der Waals surface area contributed by atoms with Crippen LogP contribution in [0.25, 0.3) is 11.6 Å². The summed E-state index contributed by atoms with van der Waals surface area (Å²) in [6.07, 6.45) is 4.62. The minimum Gasteiger partial charge on any atom is -0.282 e. The Bertz CT molecular complexity index is 1540. The van der Waals surface area contributed by atoms with Gasteiger partial charge in [-0.1, -0.05) is 137 Å². The van der Waals surface area contributed by atoms with Gasteiger partial charge in [0.15, 0.2) is 0 Å². The average molecular weight is 595 g/mol. The second-order valence-corrected chi connectivity index (χ2v) is 14.5. The van der Waals surface area contributed by atoms with Crippen LogP contribution in [0.1, 0.15) is 86.4 Å². The Morgan fingerprint density at radius 1 is 0.651 bits per heavy atom. The number of fused-ring (bicyclic) bond motifs is 1. The fourth-order valence-corrected chi connectivity index (χ4v) is 6.74. The predicted molar refractivity (Wildman–Crippen MR) is 177 cm³/mol. The summed E-state index contributed by atoms with van der Waals surface area (Å²) < 4.78 is 31.0. The highest BCUT2D eigenvalue weighted by Crippen LogP contribution is 2.52. The minimum atomic E-state index is -3.83. The molecule has 0 saturated heterocycles. The maximum atomic E-state index is 13.6. The van der Waals surface area contributed by atoms with Gasteiger partial charge in [0.05, 0.1) is 19.8 Å². The van der Waals surface area contributed by atoms with Gasteiger partial charge in [-0.05, 0) is 75.1 Å². The Labute approximate surface area is 257 Å². The molecule has 0 fully saturated rings. The topological polar surface area (TPSA) is 44.8 Å². The van der Waals surface area contributed by atoms with Gasteiger partial charge in [0.2, 0.25) is 0 Å². The van der Waals surface area contributed by atoms with Gasteiger partial charge in [-0.2, -0.15) is 0 Å². The molecule has 0 heterocycles. The van der Waals surface area contributed by atoms with Gasteiger partial charge >= 0.3 is 7.82 Å². The lowest BCUT2D eigenvalue weighted by atomic mass is 9.63. The molecule has 4 nitrogen and oxygen atoms in total. The molecule has 0 N–H and O–H groups in total. The van der Waals surface area contributed by atoms with Gasteiger partial charge in [0.1, 0.15) is 0 Å². The van der Waals surface area contributed by atoms with Crippen LogP contribution >= 0.6 is 7.82 Å². The van der Waals surface area contributed by atoms with Crippen LogP contribution in [0.2, 0.25) is 0 Å². The van der Waals surface area contributed by atoms with E-state index in [0.717, 1.165) is 22.3 Å². The van der Waals surface area contributed by atoms with Crippen molar-refractivity contribution in [2.45, 2.75) is 78.1 Å². The molecular weight excluding hydrogens is 551 g/mol. The molecule has 4 aromatic rings. The molecule has 224 valence electrons. The Balaban J connectivity index is 1.26. The molecule has 0 atom stereocenters. The third-order valence-corrected chi connectivity index (χ3v) is 9.86. The van der Waals surface area contributed by atoms with Crippen LogP contribution in [-0.2, 0) is 48.8 Å². The lowest BCUT2D eigenvalue weighted by Gasteiger charge is -2.42. The van der Waals surface area contributed by atoms with Crippen LogP contribution in [0.4, 0.5) is 0 Å². The van der Waals surface area contributed by atoms with Crippen LogP contribution in [0.5, 0.6) is 0 Å². The van der Waals surface area contributed by atoms with Crippen LogP contribution in [-0.4, -0.2) is 0 Å². The van der Waals surface area contributed by atoms with Crippen molar-refractivity contribution in [3.05, 3.63) is 142 Å². The van der Waals surface area contributed by atoms with E-state index in [-0.39, 0.29) is 30.7 Å². The molecule has 1 aliphatic carbocycles. The van der Waals surface area contributed by atoms with Crippen LogP contribution in [0.3, 0.4) is 0 Å². The number of phosphoric acid groups is 1. The Morgan fingerprint density at radius 3 is 1.63 bits per heavy atom. The standard InChI is InChI=1S/C38H43O4P/c1-29(34-20-21-35-36(25-34)38(4,5)23-22-37(35,2)3)24-30-16-18-33(19-17-30)28-42-43(39,40-26-31-12-8-6-9-13-31)41-27-32-14-10-7-11-15-32/h6-21,24-25H,22-23,26-28H2,1-5H3. The number of hydrogen-bond acceptors (Lipinski definition) is 4. The van der Waals surface area contributed by atoms with Crippen molar-refractivity contribution in [2.24, 2.45) is 0 Å². The van der Waals surface area contributed by atoms with E-state index in [0.29, 0.717) is 0 Å². The number of allylic oxidation sites excluding steroid dienone is 1. The van der Waals surface area contributed by atoms with Gasteiger partial charge in [0.25, 0.3) is 0 Å². The molecule has 0 radical (unpaired) electrons. The van der Waals surface area contributed by atoms with E-state index in [2.05, 4.69) is 71.0 Å². The van der Waals surface area contributed by atoms with E-state index in [1.807, 2.05) is 72.8 Å². The Kier molecular flexibility index (Phi) is 9.54. The van der Waals surface area contributed by atoms with Gasteiger partial charge in [0, 0.05) is 0 Å². The van der Waals surface area contributed by atoms with Crippen molar-refractivity contribution in [2.75, 3.05) is 0 Å². The summed E-state index contributed by atoms with van der Waals surface area (Å²) >= 11 is 0. The van der Waals surface area contributed by atoms with E-state index < -0.39 is 7.82 Å². The van der Waals surface area contributed by atoms with E-state index in [1.165, 1.54) is 35.1 Å². The zero-order valence-electron chi connectivity index (χ0n) is 26.0. The summed E-state index contributed by atoms with van der Waals surface area (Å²) in [4.78, 5) is 0. The number of benzene rings is 4. The number of phosphoric ester groups is 1. The second kappa shape index (κ2) is 13.2. The van der Waals surface area contributed by atoms with Crippen molar-refractivity contribution < 1.29 is 18.1 Å². The van der Waals surface area contributed by atoms with Crippen molar-refractivity contribution >= 4 is 19.5 Å². The summed E-state index contributed by atoms with van der Waals surface area (Å²) in [5, 5.41) is 0. The molecule has 0 aliphatic heterocycles. The molecule has 5 heteroatoms. The van der Waals surface area contributed by atoms with Gasteiger partial charge in [-0.25, -0.2) is 4.57 Å². The SMILES string of the molecule is CC(=Cc1ccc(COP(=O)(OCc2ccccc2)OCc2ccccc2)cc1)c1ccc2c(c1)C(C)(C)CCC2(C)C. The normalized spacial score (nSPS) is 16.1. The van der Waals surface area contributed by atoms with Crippen LogP contribution in [0, 0.1) is 0 Å². The first-order valence-electron chi connectivity index (χ1n) is 15.1. The molecule has 0 saturated carbocycles. The predicted octanol–water partition coefficient (Wildman–Crippen LogP) is 10.7. The summed E-state index contributed by atoms with van der Waals surface area (Å²) in [5.41, 5.74) is 9.59. The third-order valence-electron chi connectivity index (χ3n) is 8.52. The maximum Gasteiger partial charge on any atom is 0.475 e. The van der Waals surface area contributed by atoms with E-state index in [9.17, 15) is 4.57 Å². The van der Waals surface area contributed by atoms with E-state index in [4.69, 9.17) is 13.6 Å². The average Bonchev–Trinajstić information content (AvgIpc) is 3.02. The summed E-state index contributed by atoms with van der Waals surface area (Å²) in [6.45, 7) is 12.0. The summed E-state index contributed by atoms with van der Waals surface area (Å²) in [7, 11) is -3.83. The highest BCUT2D eigenvalue weighted by Gasteiger charge is 2.37. The van der Waals surface area contributed by atoms with Crippen molar-refractivity contribution in [3.8, 4) is 0 Å². The molecule has 43 heavy (non-hydrogen) atoms. The smallest absolute Gasteiger partial charge is 0.282 e. The molecule has 4 aromatic carbocycles. The first kappa shape index (κ1) is 31.2. The lowest BCUT2D eigenvalue weighted by Crippen LogP contribution is -2.33. The molecular formula is C38H43O4P. The molecule has 0 amide bonds. The molecule has 1 aliphatic rings. The highest BCUT2D eigenvalue weighted by molar-refractivity contribution is 7.48. The van der Waals surface area contributed by atoms with Crippen LogP contribution in [0.15, 0.2) is 103 Å². The van der Waals surface area contributed by atoms with E-state index in [1.54, 1.807) is 0 Å². The highest BCUT2D eigenvalue weighted by atomic mass is 31.2.